The summed E-state index contributed by atoms with van der Waals surface area (Å²) < 4.78 is 0. The molecule has 0 saturated carbocycles. The first-order valence-electron chi connectivity index (χ1n) is 10.5. The van der Waals surface area contributed by atoms with E-state index >= 15 is 0 Å². The molecule has 0 saturated heterocycles. The minimum Gasteiger partial charge on any atom is -0.355 e. The number of hydrogen-bond acceptors (Lipinski definition) is 4. The maximum Gasteiger partial charge on any atom is 0.256 e. The average Bonchev–Trinajstić information content (AvgIpc) is 2.82. The zero-order chi connectivity index (χ0) is 23.8. The van der Waals surface area contributed by atoms with Gasteiger partial charge in [-0.2, -0.15) is 0 Å². The molecule has 33 heavy (non-hydrogen) atoms. The Kier molecular flexibility index (Phi) is 7.70. The molecule has 3 amide bonds. The number of nitrogens with one attached hydrogen (secondary N) is 3. The monoisotopic (exact) mass is 443 g/mol. The van der Waals surface area contributed by atoms with Crippen LogP contribution in [0.3, 0.4) is 0 Å². The lowest BCUT2D eigenvalue weighted by molar-refractivity contribution is -0.118. The van der Waals surface area contributed by atoms with Gasteiger partial charge in [0.05, 0.1) is 5.56 Å². The predicted molar refractivity (Wildman–Crippen MR) is 126 cm³/mol. The number of carbonyl (C=O) groups excluding carboxylic acids is 4. The van der Waals surface area contributed by atoms with Gasteiger partial charge in [-0.25, -0.2) is 0 Å². The number of anilines is 1. The Bertz CT molecular complexity index is 1170. The van der Waals surface area contributed by atoms with Crippen LogP contribution in [0, 0.1) is 6.92 Å². The Morgan fingerprint density at radius 1 is 0.667 bits per heavy atom. The van der Waals surface area contributed by atoms with Crippen LogP contribution in [-0.2, 0) is 4.79 Å². The van der Waals surface area contributed by atoms with E-state index in [0.717, 1.165) is 5.56 Å². The second-order valence-electron chi connectivity index (χ2n) is 7.51. The highest BCUT2D eigenvalue weighted by atomic mass is 16.2. The van der Waals surface area contributed by atoms with Crippen molar-refractivity contribution < 1.29 is 19.2 Å². The van der Waals surface area contributed by atoms with Crippen LogP contribution in [0.2, 0.25) is 0 Å². The van der Waals surface area contributed by atoms with E-state index < -0.39 is 5.91 Å². The summed E-state index contributed by atoms with van der Waals surface area (Å²) >= 11 is 0. The minimum atomic E-state index is -0.418. The van der Waals surface area contributed by atoms with Crippen molar-refractivity contribution in [1.82, 2.24) is 10.6 Å². The Morgan fingerprint density at radius 3 is 1.88 bits per heavy atom. The van der Waals surface area contributed by atoms with Crippen molar-refractivity contribution in [1.29, 1.82) is 0 Å². The molecule has 7 heteroatoms. The topological polar surface area (TPSA) is 104 Å². The molecule has 168 valence electrons. The van der Waals surface area contributed by atoms with Crippen molar-refractivity contribution in [3.63, 3.8) is 0 Å². The molecule has 0 atom stereocenters. The Labute approximate surface area is 192 Å². The highest BCUT2D eigenvalue weighted by molar-refractivity contribution is 6.17. The van der Waals surface area contributed by atoms with Crippen LogP contribution in [0.5, 0.6) is 0 Å². The Morgan fingerprint density at radius 2 is 1.24 bits per heavy atom. The molecule has 7 nitrogen and oxygen atoms in total. The van der Waals surface area contributed by atoms with Crippen LogP contribution >= 0.6 is 0 Å². The number of aryl methyl sites for hydroxylation is 1. The van der Waals surface area contributed by atoms with Crippen LogP contribution in [-0.4, -0.2) is 36.6 Å². The third-order valence-electron chi connectivity index (χ3n) is 4.92. The van der Waals surface area contributed by atoms with Gasteiger partial charge in [0.25, 0.3) is 11.8 Å². The van der Waals surface area contributed by atoms with Crippen LogP contribution < -0.4 is 16.0 Å². The predicted octanol–water partition coefficient (Wildman–Crippen LogP) is 3.34. The lowest BCUT2D eigenvalue weighted by Crippen LogP contribution is -2.33. The van der Waals surface area contributed by atoms with Crippen LogP contribution in [0.15, 0.2) is 72.8 Å². The Balaban J connectivity index is 1.67. The van der Waals surface area contributed by atoms with E-state index in [2.05, 4.69) is 16.0 Å². The van der Waals surface area contributed by atoms with Gasteiger partial charge in [-0.15, -0.1) is 0 Å². The molecule has 0 spiro atoms. The van der Waals surface area contributed by atoms with Crippen LogP contribution in [0.4, 0.5) is 5.69 Å². The number of benzene rings is 3. The molecule has 0 aliphatic carbocycles. The Hall–Kier alpha value is -4.26. The maximum absolute atomic E-state index is 13.0. The summed E-state index contributed by atoms with van der Waals surface area (Å²) in [6.07, 6.45) is 0. The molecule has 0 bridgehead atoms. The molecule has 3 aromatic rings. The number of amides is 3. The van der Waals surface area contributed by atoms with E-state index in [1.54, 1.807) is 60.7 Å². The highest BCUT2D eigenvalue weighted by Crippen LogP contribution is 2.18. The fourth-order valence-corrected chi connectivity index (χ4v) is 3.16. The summed E-state index contributed by atoms with van der Waals surface area (Å²) in [5.74, 6) is -1.09. The van der Waals surface area contributed by atoms with Gasteiger partial charge in [-0.05, 0) is 37.3 Å². The molecule has 3 rings (SSSR count). The third-order valence-corrected chi connectivity index (χ3v) is 4.92. The zero-order valence-corrected chi connectivity index (χ0v) is 18.5. The summed E-state index contributed by atoms with van der Waals surface area (Å²) in [5, 5.41) is 8.07. The molecule has 0 unspecified atom stereocenters. The highest BCUT2D eigenvalue weighted by Gasteiger charge is 2.18. The standard InChI is InChI=1S/C26H25N3O4/c1-17-7-9-19(10-8-17)24(31)22-5-3-4-6-23(22)26(33)29-21-13-11-20(12-14-21)25(32)28-16-15-27-18(2)30/h3-14H,15-16H2,1-2H3,(H,27,30)(H,28,32)(H,29,33). The van der Waals surface area contributed by atoms with Crippen LogP contribution in [0.1, 0.15) is 49.1 Å². The largest absolute Gasteiger partial charge is 0.355 e. The summed E-state index contributed by atoms with van der Waals surface area (Å²) in [7, 11) is 0. The average molecular weight is 444 g/mol. The first kappa shape index (κ1) is 23.4. The first-order chi connectivity index (χ1) is 15.8. The van der Waals surface area contributed by atoms with E-state index in [4.69, 9.17) is 0 Å². The molecular formula is C26H25N3O4. The fraction of sp³-hybridized carbons (Fsp3) is 0.154. The SMILES string of the molecule is CC(=O)NCCNC(=O)c1ccc(NC(=O)c2ccccc2C(=O)c2ccc(C)cc2)cc1. The summed E-state index contributed by atoms with van der Waals surface area (Å²) in [6.45, 7) is 4.00. The summed E-state index contributed by atoms with van der Waals surface area (Å²) in [5.41, 5.74) is 3.05. The molecular weight excluding hydrogens is 418 g/mol. The molecule has 0 radical (unpaired) electrons. The van der Waals surface area contributed by atoms with Gasteiger partial charge in [0.2, 0.25) is 5.91 Å². The smallest absolute Gasteiger partial charge is 0.256 e. The quantitative estimate of drug-likeness (QED) is 0.367. The van der Waals surface area contributed by atoms with E-state index in [0.29, 0.717) is 35.5 Å². The number of ketones is 1. The van der Waals surface area contributed by atoms with E-state index in [9.17, 15) is 19.2 Å². The minimum absolute atomic E-state index is 0.161. The van der Waals surface area contributed by atoms with E-state index in [-0.39, 0.29) is 23.2 Å². The number of carbonyl (C=O) groups is 4. The lowest BCUT2D eigenvalue weighted by Gasteiger charge is -2.11. The van der Waals surface area contributed by atoms with Crippen molar-refractivity contribution in [3.8, 4) is 0 Å². The van der Waals surface area contributed by atoms with Crippen LogP contribution in [0.25, 0.3) is 0 Å². The molecule has 0 aliphatic heterocycles. The molecule has 0 heterocycles. The lowest BCUT2D eigenvalue weighted by atomic mass is 9.97. The van der Waals surface area contributed by atoms with E-state index in [1.807, 2.05) is 19.1 Å². The molecule has 3 N–H and O–H groups in total. The van der Waals surface area contributed by atoms with Crippen molar-refractivity contribution in [2.75, 3.05) is 18.4 Å². The van der Waals surface area contributed by atoms with Gasteiger partial charge in [-0.1, -0.05) is 48.0 Å². The third kappa shape index (κ3) is 6.36. The van der Waals surface area contributed by atoms with E-state index in [1.165, 1.54) is 6.92 Å². The second-order valence-corrected chi connectivity index (χ2v) is 7.51. The molecule has 0 aromatic heterocycles. The molecule has 0 aliphatic rings. The normalized spacial score (nSPS) is 10.2. The van der Waals surface area contributed by atoms with Crippen molar-refractivity contribution in [3.05, 3.63) is 101 Å². The zero-order valence-electron chi connectivity index (χ0n) is 18.5. The van der Waals surface area contributed by atoms with Gasteiger partial charge >= 0.3 is 0 Å². The summed E-state index contributed by atoms with van der Waals surface area (Å²) in [4.78, 5) is 48.9. The summed E-state index contributed by atoms with van der Waals surface area (Å²) in [6, 6.07) is 20.3. The van der Waals surface area contributed by atoms with Crippen molar-refractivity contribution in [2.45, 2.75) is 13.8 Å². The van der Waals surface area contributed by atoms with Gasteiger partial charge in [-0.3, -0.25) is 19.2 Å². The first-order valence-corrected chi connectivity index (χ1v) is 10.5. The molecule has 3 aromatic carbocycles. The maximum atomic E-state index is 13.0. The fourth-order valence-electron chi connectivity index (χ4n) is 3.16. The van der Waals surface area contributed by atoms with Gasteiger partial charge in [0.15, 0.2) is 5.78 Å². The van der Waals surface area contributed by atoms with Crippen molar-refractivity contribution in [2.24, 2.45) is 0 Å². The van der Waals surface area contributed by atoms with Gasteiger partial charge in [0, 0.05) is 42.4 Å². The number of hydrogen-bond donors (Lipinski definition) is 3. The van der Waals surface area contributed by atoms with Gasteiger partial charge < -0.3 is 16.0 Å². The second kappa shape index (κ2) is 10.9. The van der Waals surface area contributed by atoms with Gasteiger partial charge in [0.1, 0.15) is 0 Å². The van der Waals surface area contributed by atoms with Crippen molar-refractivity contribution >= 4 is 29.2 Å². The number of rotatable bonds is 8. The molecule has 0 fully saturated rings.